The highest BCUT2D eigenvalue weighted by Crippen LogP contribution is 2.32. The largest absolute Gasteiger partial charge is 0.478 e. The van der Waals surface area contributed by atoms with Gasteiger partial charge in [0.15, 0.2) is 0 Å². The molecular formula is C29H33Cl2NO4. The molecule has 3 aromatic rings. The van der Waals surface area contributed by atoms with Gasteiger partial charge in [-0.3, -0.25) is 0 Å². The van der Waals surface area contributed by atoms with Crippen molar-refractivity contribution in [1.82, 2.24) is 5.32 Å². The average Bonchev–Trinajstić information content (AvgIpc) is 2.83. The number of aromatic carboxylic acids is 1. The van der Waals surface area contributed by atoms with Crippen molar-refractivity contribution < 1.29 is 19.7 Å². The van der Waals surface area contributed by atoms with Gasteiger partial charge in [-0.05, 0) is 86.2 Å². The predicted molar refractivity (Wildman–Crippen MR) is 146 cm³/mol. The quantitative estimate of drug-likeness (QED) is 0.257. The van der Waals surface area contributed by atoms with Crippen LogP contribution in [0.2, 0.25) is 10.0 Å². The van der Waals surface area contributed by atoms with Crippen molar-refractivity contribution in [2.75, 3.05) is 13.2 Å². The van der Waals surface area contributed by atoms with Gasteiger partial charge >= 0.3 is 5.97 Å². The first-order valence-electron chi connectivity index (χ1n) is 11.9. The highest BCUT2D eigenvalue weighted by molar-refractivity contribution is 6.42. The minimum Gasteiger partial charge on any atom is -0.478 e. The zero-order valence-electron chi connectivity index (χ0n) is 21.0. The molecule has 0 saturated heterocycles. The van der Waals surface area contributed by atoms with Gasteiger partial charge < -0.3 is 20.3 Å². The van der Waals surface area contributed by atoms with Gasteiger partial charge in [0.1, 0.15) is 0 Å². The lowest BCUT2D eigenvalue weighted by atomic mass is 9.92. The molecule has 0 aliphatic rings. The summed E-state index contributed by atoms with van der Waals surface area (Å²) in [6.07, 6.45) is -0.232. The van der Waals surface area contributed by atoms with Gasteiger partial charge in [0.25, 0.3) is 0 Å². The van der Waals surface area contributed by atoms with Gasteiger partial charge in [0.2, 0.25) is 0 Å². The van der Waals surface area contributed by atoms with Crippen LogP contribution in [0.4, 0.5) is 0 Å². The molecule has 0 aromatic heterocycles. The first-order valence-corrected chi connectivity index (χ1v) is 12.6. The topological polar surface area (TPSA) is 78.8 Å². The predicted octanol–water partition coefficient (Wildman–Crippen LogP) is 6.72. The highest BCUT2D eigenvalue weighted by Gasteiger charge is 2.21. The Morgan fingerprint density at radius 1 is 1.03 bits per heavy atom. The molecule has 36 heavy (non-hydrogen) atoms. The van der Waals surface area contributed by atoms with Crippen LogP contribution in [0, 0.1) is 6.92 Å². The van der Waals surface area contributed by atoms with E-state index in [1.165, 1.54) is 0 Å². The van der Waals surface area contributed by atoms with E-state index >= 15 is 0 Å². The van der Waals surface area contributed by atoms with Crippen LogP contribution in [-0.4, -0.2) is 41.0 Å². The van der Waals surface area contributed by atoms with E-state index in [1.54, 1.807) is 18.2 Å². The Bertz CT molecular complexity index is 1210. The molecule has 0 heterocycles. The van der Waals surface area contributed by atoms with Crippen molar-refractivity contribution >= 4 is 29.2 Å². The van der Waals surface area contributed by atoms with E-state index < -0.39 is 12.1 Å². The molecule has 5 nitrogen and oxygen atoms in total. The summed E-state index contributed by atoms with van der Waals surface area (Å²) < 4.78 is 6.05. The molecule has 3 aromatic carbocycles. The Hall–Kier alpha value is -2.41. The third-order valence-corrected chi connectivity index (χ3v) is 6.89. The van der Waals surface area contributed by atoms with E-state index in [4.69, 9.17) is 27.9 Å². The zero-order chi connectivity index (χ0) is 26.5. The van der Waals surface area contributed by atoms with Gasteiger partial charge in [-0.2, -0.15) is 0 Å². The van der Waals surface area contributed by atoms with Crippen LogP contribution in [-0.2, 0) is 11.2 Å². The number of aliphatic hydroxyl groups is 1. The van der Waals surface area contributed by atoms with Gasteiger partial charge in [0, 0.05) is 12.1 Å². The third-order valence-electron chi connectivity index (χ3n) is 6.15. The number of ether oxygens (including phenoxy) is 1. The molecule has 1 unspecified atom stereocenters. The number of benzene rings is 3. The SMILES string of the molecule is Cc1cc(C(=O)O)ccc1-c1ccccc1C(C)OC[C@@H](O)CNC(C)(C)Cc1ccc(Cl)c(Cl)c1. The maximum absolute atomic E-state index is 11.3. The standard InChI is InChI=1S/C29H33Cl2NO4/c1-18-13-21(28(34)35)10-11-23(18)25-8-6-5-7-24(25)19(2)36-17-22(33)16-32-29(3,4)15-20-9-12-26(30)27(31)14-20/h5-14,19,22,32-33H,15-17H2,1-4H3,(H,34,35)/t19?,22-/m0/s1. The Morgan fingerprint density at radius 3 is 2.42 bits per heavy atom. The second kappa shape index (κ2) is 12.2. The lowest BCUT2D eigenvalue weighted by Crippen LogP contribution is -2.46. The molecule has 3 rings (SSSR count). The second-order valence-electron chi connectivity index (χ2n) is 9.74. The first-order chi connectivity index (χ1) is 17.0. The van der Waals surface area contributed by atoms with Crippen molar-refractivity contribution in [3.8, 4) is 11.1 Å². The maximum Gasteiger partial charge on any atom is 0.335 e. The monoisotopic (exact) mass is 529 g/mol. The fourth-order valence-corrected chi connectivity index (χ4v) is 4.54. The number of aryl methyl sites for hydroxylation is 1. The number of carboxylic acid groups (broad SMARTS) is 1. The minimum absolute atomic E-state index is 0.169. The molecule has 0 aliphatic heterocycles. The van der Waals surface area contributed by atoms with Gasteiger partial charge in [-0.15, -0.1) is 0 Å². The Kier molecular flexibility index (Phi) is 9.56. The first kappa shape index (κ1) is 28.2. The van der Waals surface area contributed by atoms with Crippen LogP contribution >= 0.6 is 23.2 Å². The van der Waals surface area contributed by atoms with E-state index in [0.717, 1.165) is 34.2 Å². The van der Waals surface area contributed by atoms with E-state index in [0.29, 0.717) is 16.6 Å². The molecule has 3 N–H and O–H groups in total. The summed E-state index contributed by atoms with van der Waals surface area (Å²) >= 11 is 12.2. The number of carboxylic acids is 1. The number of aliphatic hydroxyl groups excluding tert-OH is 1. The van der Waals surface area contributed by atoms with Crippen LogP contribution in [0.3, 0.4) is 0 Å². The van der Waals surface area contributed by atoms with Crippen molar-refractivity contribution in [2.24, 2.45) is 0 Å². The zero-order valence-corrected chi connectivity index (χ0v) is 22.5. The molecular weight excluding hydrogens is 497 g/mol. The summed E-state index contributed by atoms with van der Waals surface area (Å²) in [5.74, 6) is -0.947. The van der Waals surface area contributed by atoms with Crippen LogP contribution < -0.4 is 5.32 Å². The normalized spacial score (nSPS) is 13.4. The fourth-order valence-electron chi connectivity index (χ4n) is 4.22. The van der Waals surface area contributed by atoms with Crippen molar-refractivity contribution in [3.05, 3.63) is 93.0 Å². The summed E-state index contributed by atoms with van der Waals surface area (Å²) in [6, 6.07) is 18.6. The van der Waals surface area contributed by atoms with Crippen LogP contribution in [0.1, 0.15) is 53.9 Å². The van der Waals surface area contributed by atoms with Crippen molar-refractivity contribution in [1.29, 1.82) is 0 Å². The van der Waals surface area contributed by atoms with Crippen molar-refractivity contribution in [3.63, 3.8) is 0 Å². The number of hydrogen-bond acceptors (Lipinski definition) is 4. The lowest BCUT2D eigenvalue weighted by molar-refractivity contribution is -0.00397. The van der Waals surface area contributed by atoms with E-state index in [-0.39, 0.29) is 23.8 Å². The number of carbonyl (C=O) groups is 1. The third kappa shape index (κ3) is 7.55. The average molecular weight is 530 g/mol. The molecule has 7 heteroatoms. The molecule has 2 atom stereocenters. The summed E-state index contributed by atoms with van der Waals surface area (Å²) in [4.78, 5) is 11.3. The van der Waals surface area contributed by atoms with Crippen LogP contribution in [0.5, 0.6) is 0 Å². The molecule has 0 amide bonds. The number of hydrogen-bond donors (Lipinski definition) is 3. The number of nitrogens with one attached hydrogen (secondary N) is 1. The molecule has 0 aliphatic carbocycles. The minimum atomic E-state index is -0.947. The fraction of sp³-hybridized carbons (Fsp3) is 0.345. The number of rotatable bonds is 11. The van der Waals surface area contributed by atoms with E-state index in [9.17, 15) is 15.0 Å². The molecule has 0 fully saturated rings. The van der Waals surface area contributed by atoms with E-state index in [1.807, 2.05) is 56.3 Å². The second-order valence-corrected chi connectivity index (χ2v) is 10.6. The Labute approximate surface area is 223 Å². The number of halogens is 2. The maximum atomic E-state index is 11.3. The van der Waals surface area contributed by atoms with Crippen LogP contribution in [0.15, 0.2) is 60.7 Å². The summed E-state index contributed by atoms with van der Waals surface area (Å²) in [5, 5.41) is 24.3. The van der Waals surface area contributed by atoms with Crippen LogP contribution in [0.25, 0.3) is 11.1 Å². The summed E-state index contributed by atoms with van der Waals surface area (Å²) in [7, 11) is 0. The van der Waals surface area contributed by atoms with Gasteiger partial charge in [-0.1, -0.05) is 59.6 Å². The Balaban J connectivity index is 1.59. The molecule has 0 radical (unpaired) electrons. The highest BCUT2D eigenvalue weighted by atomic mass is 35.5. The summed E-state index contributed by atoms with van der Waals surface area (Å²) in [5.41, 5.74) is 4.84. The number of β-amino-alcohol motifs (C(OH)–C–C–N with tert-alkyl or cyclic N) is 1. The van der Waals surface area contributed by atoms with Gasteiger partial charge in [0.05, 0.1) is 34.4 Å². The lowest BCUT2D eigenvalue weighted by Gasteiger charge is -2.28. The molecule has 192 valence electrons. The van der Waals surface area contributed by atoms with Gasteiger partial charge in [-0.25, -0.2) is 4.79 Å². The molecule has 0 spiro atoms. The smallest absolute Gasteiger partial charge is 0.335 e. The molecule has 0 bridgehead atoms. The molecule has 0 saturated carbocycles. The van der Waals surface area contributed by atoms with Crippen molar-refractivity contribution in [2.45, 2.75) is 51.9 Å². The van der Waals surface area contributed by atoms with E-state index in [2.05, 4.69) is 19.2 Å². The summed E-state index contributed by atoms with van der Waals surface area (Å²) in [6.45, 7) is 8.54. The Morgan fingerprint density at radius 2 is 1.75 bits per heavy atom.